The maximum Gasteiger partial charge on any atom is 0.257 e. The van der Waals surface area contributed by atoms with E-state index >= 15 is 0 Å². The molecule has 2 aromatic rings. The highest BCUT2D eigenvalue weighted by Gasteiger charge is 2.22. The highest BCUT2D eigenvalue weighted by atomic mass is 15.4. The lowest BCUT2D eigenvalue weighted by atomic mass is 10.2. The summed E-state index contributed by atoms with van der Waals surface area (Å²) in [5.41, 5.74) is 0. The van der Waals surface area contributed by atoms with Crippen LogP contribution in [0.5, 0.6) is 0 Å². The Morgan fingerprint density at radius 2 is 2.11 bits per heavy atom. The molecule has 1 atom stereocenters. The van der Waals surface area contributed by atoms with Crippen LogP contribution in [-0.2, 0) is 0 Å². The predicted octanol–water partition coefficient (Wildman–Crippen LogP) is 0.945. The first-order valence-corrected chi connectivity index (χ1v) is 6.45. The van der Waals surface area contributed by atoms with Crippen LogP contribution in [0.25, 0.3) is 5.95 Å². The number of aromatic nitrogens is 5. The molecule has 0 amide bonds. The molecule has 3 rings (SSSR count). The van der Waals surface area contributed by atoms with Crippen LogP contribution in [0.1, 0.15) is 13.3 Å². The van der Waals surface area contributed by atoms with Crippen LogP contribution in [0.4, 0.5) is 11.9 Å². The number of nitrogens with zero attached hydrogens (tertiary/aromatic N) is 6. The standard InChI is InChI=1S/C12H17N7/c1-9-4-7-18(8-9)11-15-10(13-2)16-12(17-11)19-6-3-5-14-19/h3,5-6,9H,4,7-8H2,1-2H3,(H,13,15,16,17). The van der Waals surface area contributed by atoms with Gasteiger partial charge in [-0.2, -0.15) is 20.1 Å². The van der Waals surface area contributed by atoms with E-state index in [0.29, 0.717) is 23.8 Å². The van der Waals surface area contributed by atoms with E-state index in [9.17, 15) is 0 Å². The van der Waals surface area contributed by atoms with Gasteiger partial charge in [0.05, 0.1) is 0 Å². The minimum Gasteiger partial charge on any atom is -0.357 e. The summed E-state index contributed by atoms with van der Waals surface area (Å²) >= 11 is 0. The van der Waals surface area contributed by atoms with Gasteiger partial charge in [0, 0.05) is 32.5 Å². The molecule has 0 aliphatic carbocycles. The zero-order chi connectivity index (χ0) is 13.2. The third-order valence-electron chi connectivity index (χ3n) is 3.25. The van der Waals surface area contributed by atoms with Crippen molar-refractivity contribution < 1.29 is 0 Å². The Morgan fingerprint density at radius 3 is 2.74 bits per heavy atom. The van der Waals surface area contributed by atoms with Crippen molar-refractivity contribution in [1.29, 1.82) is 0 Å². The molecule has 1 aliphatic heterocycles. The monoisotopic (exact) mass is 259 g/mol. The first-order chi connectivity index (χ1) is 9.26. The molecule has 2 aromatic heterocycles. The van der Waals surface area contributed by atoms with Crippen molar-refractivity contribution in [3.05, 3.63) is 18.5 Å². The molecular weight excluding hydrogens is 242 g/mol. The molecule has 3 heterocycles. The van der Waals surface area contributed by atoms with E-state index in [0.717, 1.165) is 13.1 Å². The average molecular weight is 259 g/mol. The summed E-state index contributed by atoms with van der Waals surface area (Å²) < 4.78 is 1.64. The molecule has 0 radical (unpaired) electrons. The summed E-state index contributed by atoms with van der Waals surface area (Å²) in [5.74, 6) is 2.51. The van der Waals surface area contributed by atoms with Crippen molar-refractivity contribution in [2.45, 2.75) is 13.3 Å². The van der Waals surface area contributed by atoms with Crippen molar-refractivity contribution in [2.24, 2.45) is 5.92 Å². The molecule has 100 valence electrons. The van der Waals surface area contributed by atoms with E-state index in [-0.39, 0.29) is 0 Å². The lowest BCUT2D eigenvalue weighted by molar-refractivity contribution is 0.657. The van der Waals surface area contributed by atoms with Gasteiger partial charge >= 0.3 is 0 Å². The topological polar surface area (TPSA) is 71.8 Å². The van der Waals surface area contributed by atoms with E-state index in [1.165, 1.54) is 6.42 Å². The summed E-state index contributed by atoms with van der Waals surface area (Å²) in [4.78, 5) is 15.5. The van der Waals surface area contributed by atoms with Crippen LogP contribution in [0.2, 0.25) is 0 Å². The van der Waals surface area contributed by atoms with Crippen molar-refractivity contribution in [3.8, 4) is 5.95 Å². The molecule has 0 aromatic carbocycles. The maximum atomic E-state index is 4.50. The van der Waals surface area contributed by atoms with Crippen molar-refractivity contribution in [3.63, 3.8) is 0 Å². The fraction of sp³-hybridized carbons (Fsp3) is 0.500. The van der Waals surface area contributed by atoms with E-state index in [1.807, 2.05) is 12.3 Å². The lowest BCUT2D eigenvalue weighted by Crippen LogP contribution is -2.23. The third kappa shape index (κ3) is 2.35. The van der Waals surface area contributed by atoms with Crippen molar-refractivity contribution in [1.82, 2.24) is 24.7 Å². The SMILES string of the molecule is CNc1nc(N2CCC(C)C2)nc(-n2cccn2)n1. The Labute approximate surface area is 111 Å². The molecule has 7 heteroatoms. The smallest absolute Gasteiger partial charge is 0.257 e. The summed E-state index contributed by atoms with van der Waals surface area (Å²) in [6.07, 6.45) is 4.71. The van der Waals surface area contributed by atoms with Gasteiger partial charge in [-0.25, -0.2) is 4.68 Å². The molecule has 1 N–H and O–H groups in total. The summed E-state index contributed by atoms with van der Waals surface area (Å²) in [7, 11) is 1.80. The minimum atomic E-state index is 0.541. The van der Waals surface area contributed by atoms with Gasteiger partial charge < -0.3 is 10.2 Å². The molecule has 19 heavy (non-hydrogen) atoms. The summed E-state index contributed by atoms with van der Waals surface area (Å²) in [6.45, 7) is 4.23. The second-order valence-electron chi connectivity index (χ2n) is 4.80. The molecule has 0 spiro atoms. The third-order valence-corrected chi connectivity index (χ3v) is 3.25. The number of nitrogens with one attached hydrogen (secondary N) is 1. The molecule has 1 fully saturated rings. The average Bonchev–Trinajstić information content (AvgIpc) is 3.09. The van der Waals surface area contributed by atoms with Gasteiger partial charge in [0.25, 0.3) is 5.95 Å². The fourth-order valence-electron chi connectivity index (χ4n) is 2.21. The lowest BCUT2D eigenvalue weighted by Gasteiger charge is -2.16. The second-order valence-corrected chi connectivity index (χ2v) is 4.80. The van der Waals surface area contributed by atoms with Gasteiger partial charge in [-0.15, -0.1) is 0 Å². The Kier molecular flexibility index (Phi) is 3.02. The zero-order valence-corrected chi connectivity index (χ0v) is 11.1. The second kappa shape index (κ2) is 4.83. The minimum absolute atomic E-state index is 0.541. The molecule has 1 aliphatic rings. The normalized spacial score (nSPS) is 18.8. The van der Waals surface area contributed by atoms with Gasteiger partial charge in [-0.3, -0.25) is 0 Å². The largest absolute Gasteiger partial charge is 0.357 e. The van der Waals surface area contributed by atoms with Crippen LogP contribution in [0.15, 0.2) is 18.5 Å². The molecule has 0 saturated carbocycles. The molecule has 1 saturated heterocycles. The van der Waals surface area contributed by atoms with Crippen molar-refractivity contribution >= 4 is 11.9 Å². The Balaban J connectivity index is 1.98. The number of hydrogen-bond donors (Lipinski definition) is 1. The van der Waals surface area contributed by atoms with E-state index in [4.69, 9.17) is 0 Å². The number of hydrogen-bond acceptors (Lipinski definition) is 6. The Morgan fingerprint density at radius 1 is 1.26 bits per heavy atom. The van der Waals surface area contributed by atoms with Gasteiger partial charge in [0.15, 0.2) is 0 Å². The quantitative estimate of drug-likeness (QED) is 0.884. The first-order valence-electron chi connectivity index (χ1n) is 6.45. The number of anilines is 2. The zero-order valence-electron chi connectivity index (χ0n) is 11.1. The van der Waals surface area contributed by atoms with Gasteiger partial charge in [0.2, 0.25) is 11.9 Å². The highest BCUT2D eigenvalue weighted by molar-refractivity contribution is 5.40. The number of rotatable bonds is 3. The fourth-order valence-corrected chi connectivity index (χ4v) is 2.21. The molecule has 0 bridgehead atoms. The molecule has 1 unspecified atom stereocenters. The van der Waals surface area contributed by atoms with Crippen LogP contribution in [0.3, 0.4) is 0 Å². The summed E-state index contributed by atoms with van der Waals surface area (Å²) in [5, 5.41) is 7.14. The predicted molar refractivity (Wildman–Crippen MR) is 72.5 cm³/mol. The Bertz CT molecular complexity index is 551. The van der Waals surface area contributed by atoms with E-state index in [2.05, 4.69) is 37.2 Å². The first kappa shape index (κ1) is 11.9. The van der Waals surface area contributed by atoms with Gasteiger partial charge in [0.1, 0.15) is 0 Å². The highest BCUT2D eigenvalue weighted by Crippen LogP contribution is 2.21. The summed E-state index contributed by atoms with van der Waals surface area (Å²) in [6, 6.07) is 1.85. The van der Waals surface area contributed by atoms with E-state index in [1.54, 1.807) is 17.9 Å². The van der Waals surface area contributed by atoms with Crippen LogP contribution in [0, 0.1) is 5.92 Å². The van der Waals surface area contributed by atoms with Gasteiger partial charge in [-0.1, -0.05) is 6.92 Å². The van der Waals surface area contributed by atoms with E-state index < -0.39 is 0 Å². The van der Waals surface area contributed by atoms with Crippen LogP contribution in [-0.4, -0.2) is 44.9 Å². The van der Waals surface area contributed by atoms with Crippen LogP contribution < -0.4 is 10.2 Å². The maximum absolute atomic E-state index is 4.50. The Hall–Kier alpha value is -2.18. The van der Waals surface area contributed by atoms with Gasteiger partial charge in [-0.05, 0) is 18.4 Å². The van der Waals surface area contributed by atoms with Crippen molar-refractivity contribution in [2.75, 3.05) is 30.4 Å². The molecular formula is C12H17N7. The molecule has 7 nitrogen and oxygen atoms in total. The van der Waals surface area contributed by atoms with Crippen LogP contribution >= 0.6 is 0 Å².